The van der Waals surface area contributed by atoms with Crippen molar-refractivity contribution in [3.63, 3.8) is 0 Å². The van der Waals surface area contributed by atoms with Crippen molar-refractivity contribution < 1.29 is 4.74 Å². The molecule has 2 aromatic rings. The predicted molar refractivity (Wildman–Crippen MR) is 85.2 cm³/mol. The lowest BCUT2D eigenvalue weighted by Crippen LogP contribution is -2.14. The van der Waals surface area contributed by atoms with E-state index in [0.29, 0.717) is 6.10 Å². The number of hydrogen-bond donors (Lipinski definition) is 0. The molecule has 0 saturated carbocycles. The number of aryl methyl sites for hydroxylation is 1. The van der Waals surface area contributed by atoms with Crippen molar-refractivity contribution in [2.45, 2.75) is 30.3 Å². The van der Waals surface area contributed by atoms with E-state index in [1.807, 2.05) is 11.8 Å². The highest BCUT2D eigenvalue weighted by Gasteiger charge is 2.19. The zero-order chi connectivity index (χ0) is 13.6. The average Bonchev–Trinajstić information content (AvgIpc) is 2.53. The Kier molecular flexibility index (Phi) is 4.77. The van der Waals surface area contributed by atoms with Crippen molar-refractivity contribution >= 4 is 11.8 Å². The Morgan fingerprint density at radius 1 is 1.00 bits per heavy atom. The van der Waals surface area contributed by atoms with Gasteiger partial charge in [-0.1, -0.05) is 42.5 Å². The van der Waals surface area contributed by atoms with Crippen LogP contribution in [0.15, 0.2) is 59.5 Å². The van der Waals surface area contributed by atoms with Crippen LogP contribution in [0.1, 0.15) is 30.1 Å². The monoisotopic (exact) mass is 284 g/mol. The van der Waals surface area contributed by atoms with Gasteiger partial charge in [0.1, 0.15) is 0 Å². The molecule has 2 aromatic carbocycles. The van der Waals surface area contributed by atoms with E-state index in [0.717, 1.165) is 18.8 Å². The van der Waals surface area contributed by atoms with Gasteiger partial charge in [0.2, 0.25) is 0 Å². The highest BCUT2D eigenvalue weighted by Crippen LogP contribution is 2.32. The van der Waals surface area contributed by atoms with Crippen LogP contribution >= 0.6 is 11.8 Å². The standard InChI is InChI=1S/C18H20OS/c1-2-9-16(10-3-1)20-14-13-19-18-12-6-8-15-7-4-5-11-17(15)18/h1-5,7,9-11,18H,6,8,12-14H2. The Morgan fingerprint density at radius 2 is 1.80 bits per heavy atom. The normalized spacial score (nSPS) is 17.7. The molecule has 0 aliphatic heterocycles. The molecule has 1 aliphatic rings. The second kappa shape index (κ2) is 6.96. The summed E-state index contributed by atoms with van der Waals surface area (Å²) in [7, 11) is 0. The SMILES string of the molecule is c1ccc(SCCOC2CCCc3ccccc32)cc1. The maximum atomic E-state index is 6.11. The molecule has 0 saturated heterocycles. The molecule has 0 N–H and O–H groups in total. The van der Waals surface area contributed by atoms with Gasteiger partial charge in [-0.2, -0.15) is 0 Å². The first kappa shape index (κ1) is 13.7. The molecular formula is C18H20OS. The van der Waals surface area contributed by atoms with Crippen molar-refractivity contribution in [1.82, 2.24) is 0 Å². The fraction of sp³-hybridized carbons (Fsp3) is 0.333. The predicted octanol–water partition coefficient (Wildman–Crippen LogP) is 4.87. The lowest BCUT2D eigenvalue weighted by atomic mass is 9.89. The largest absolute Gasteiger partial charge is 0.373 e. The molecule has 2 heteroatoms. The summed E-state index contributed by atoms with van der Waals surface area (Å²) in [6.45, 7) is 0.818. The Morgan fingerprint density at radius 3 is 2.70 bits per heavy atom. The van der Waals surface area contributed by atoms with E-state index < -0.39 is 0 Å². The van der Waals surface area contributed by atoms with Crippen LogP contribution in [0, 0.1) is 0 Å². The summed E-state index contributed by atoms with van der Waals surface area (Å²) >= 11 is 1.87. The van der Waals surface area contributed by atoms with Gasteiger partial charge < -0.3 is 4.74 Å². The quantitative estimate of drug-likeness (QED) is 0.572. The second-order valence-electron chi connectivity index (χ2n) is 5.11. The zero-order valence-electron chi connectivity index (χ0n) is 11.6. The maximum Gasteiger partial charge on any atom is 0.0828 e. The highest BCUT2D eigenvalue weighted by molar-refractivity contribution is 7.99. The first-order chi connectivity index (χ1) is 9.93. The van der Waals surface area contributed by atoms with Crippen LogP contribution in [0.2, 0.25) is 0 Å². The molecule has 0 amide bonds. The lowest BCUT2D eigenvalue weighted by Gasteiger charge is -2.25. The molecule has 0 radical (unpaired) electrons. The van der Waals surface area contributed by atoms with E-state index >= 15 is 0 Å². The topological polar surface area (TPSA) is 9.23 Å². The number of rotatable bonds is 5. The minimum absolute atomic E-state index is 0.302. The lowest BCUT2D eigenvalue weighted by molar-refractivity contribution is 0.0518. The molecule has 20 heavy (non-hydrogen) atoms. The summed E-state index contributed by atoms with van der Waals surface area (Å²) in [5.74, 6) is 1.02. The first-order valence-corrected chi connectivity index (χ1v) is 8.29. The molecule has 1 nitrogen and oxygen atoms in total. The number of thioether (sulfide) groups is 1. The molecule has 0 spiro atoms. The second-order valence-corrected chi connectivity index (χ2v) is 6.28. The third-order valence-corrected chi connectivity index (χ3v) is 4.70. The molecule has 1 aliphatic carbocycles. The number of ether oxygens (including phenoxy) is 1. The Bertz CT molecular complexity index is 538. The Balaban J connectivity index is 1.50. The van der Waals surface area contributed by atoms with E-state index in [1.165, 1.54) is 28.9 Å². The summed E-state index contributed by atoms with van der Waals surface area (Å²) in [4.78, 5) is 1.32. The van der Waals surface area contributed by atoms with Gasteiger partial charge in [-0.25, -0.2) is 0 Å². The van der Waals surface area contributed by atoms with Gasteiger partial charge >= 0.3 is 0 Å². The van der Waals surface area contributed by atoms with Crippen LogP contribution in [0.25, 0.3) is 0 Å². The maximum absolute atomic E-state index is 6.11. The smallest absolute Gasteiger partial charge is 0.0828 e. The van der Waals surface area contributed by atoms with Crippen molar-refractivity contribution in [1.29, 1.82) is 0 Å². The number of hydrogen-bond acceptors (Lipinski definition) is 2. The van der Waals surface area contributed by atoms with E-state index in [-0.39, 0.29) is 0 Å². The van der Waals surface area contributed by atoms with Crippen molar-refractivity contribution in [2.24, 2.45) is 0 Å². The van der Waals surface area contributed by atoms with Crippen LogP contribution in [-0.2, 0) is 11.2 Å². The summed E-state index contributed by atoms with van der Waals surface area (Å²) < 4.78 is 6.11. The van der Waals surface area contributed by atoms with Gasteiger partial charge in [-0.3, -0.25) is 0 Å². The van der Waals surface area contributed by atoms with E-state index in [2.05, 4.69) is 54.6 Å². The average molecular weight is 284 g/mol. The third kappa shape index (κ3) is 3.44. The van der Waals surface area contributed by atoms with Crippen LogP contribution in [0.4, 0.5) is 0 Å². The molecule has 0 aromatic heterocycles. The molecular weight excluding hydrogens is 264 g/mol. The van der Waals surface area contributed by atoms with Crippen molar-refractivity contribution in [2.75, 3.05) is 12.4 Å². The van der Waals surface area contributed by atoms with E-state index in [1.54, 1.807) is 0 Å². The molecule has 104 valence electrons. The van der Waals surface area contributed by atoms with E-state index in [9.17, 15) is 0 Å². The summed E-state index contributed by atoms with van der Waals surface area (Å²) in [6.07, 6.45) is 3.91. The molecule has 1 unspecified atom stereocenters. The molecule has 0 fully saturated rings. The summed E-state index contributed by atoms with van der Waals surface area (Å²) in [5, 5.41) is 0. The third-order valence-electron chi connectivity index (χ3n) is 3.73. The van der Waals surface area contributed by atoms with Crippen molar-refractivity contribution in [3.8, 4) is 0 Å². The highest BCUT2D eigenvalue weighted by atomic mass is 32.2. The fourth-order valence-electron chi connectivity index (χ4n) is 2.75. The van der Waals surface area contributed by atoms with Gasteiger partial charge in [0.15, 0.2) is 0 Å². The fourth-order valence-corrected chi connectivity index (χ4v) is 3.51. The van der Waals surface area contributed by atoms with Gasteiger partial charge in [0, 0.05) is 10.6 Å². The van der Waals surface area contributed by atoms with Crippen LogP contribution < -0.4 is 0 Å². The summed E-state index contributed by atoms with van der Waals surface area (Å²) in [5.41, 5.74) is 2.88. The Hall–Kier alpha value is -1.25. The van der Waals surface area contributed by atoms with Crippen LogP contribution in [-0.4, -0.2) is 12.4 Å². The minimum Gasteiger partial charge on any atom is -0.373 e. The van der Waals surface area contributed by atoms with Crippen LogP contribution in [0.3, 0.4) is 0 Å². The molecule has 3 rings (SSSR count). The molecule has 1 atom stereocenters. The Labute approximate surface area is 125 Å². The zero-order valence-corrected chi connectivity index (χ0v) is 12.4. The van der Waals surface area contributed by atoms with E-state index in [4.69, 9.17) is 4.74 Å². The molecule has 0 heterocycles. The van der Waals surface area contributed by atoms with Crippen molar-refractivity contribution in [3.05, 3.63) is 65.7 Å². The minimum atomic E-state index is 0.302. The number of fused-ring (bicyclic) bond motifs is 1. The van der Waals surface area contributed by atoms with Gasteiger partial charge in [-0.05, 0) is 42.5 Å². The molecule has 0 bridgehead atoms. The first-order valence-electron chi connectivity index (χ1n) is 7.31. The van der Waals surface area contributed by atoms with Crippen LogP contribution in [0.5, 0.6) is 0 Å². The van der Waals surface area contributed by atoms with Gasteiger partial charge in [0.05, 0.1) is 12.7 Å². The van der Waals surface area contributed by atoms with Gasteiger partial charge in [0.25, 0.3) is 0 Å². The number of benzene rings is 2. The van der Waals surface area contributed by atoms with Gasteiger partial charge in [-0.15, -0.1) is 11.8 Å². The summed E-state index contributed by atoms with van der Waals surface area (Å²) in [6, 6.07) is 19.3.